The Balaban J connectivity index is 2.10. The van der Waals surface area contributed by atoms with E-state index in [0.717, 1.165) is 42.9 Å². The molecule has 1 aromatic rings. The van der Waals surface area contributed by atoms with Gasteiger partial charge in [0.1, 0.15) is 0 Å². The normalized spacial score (nSPS) is 18.0. The van der Waals surface area contributed by atoms with E-state index in [1.54, 1.807) is 0 Å². The number of piperidine rings is 1. The summed E-state index contributed by atoms with van der Waals surface area (Å²) in [4.78, 5) is 12.6. The molecule has 4 heteroatoms. The zero-order chi connectivity index (χ0) is 16.2. The minimum absolute atomic E-state index is 0.0413. The third-order valence-corrected chi connectivity index (χ3v) is 4.37. The molecule has 0 radical (unpaired) electrons. The SMILES string of the molecule is CC(C)(C)CC(NC(=O)C1CCNCC1)c1ccc(Cl)cc1. The number of halogens is 1. The number of rotatable bonds is 4. The molecule has 122 valence electrons. The Morgan fingerprint density at radius 1 is 1.27 bits per heavy atom. The molecule has 1 atom stereocenters. The van der Waals surface area contributed by atoms with Crippen LogP contribution >= 0.6 is 11.6 Å². The fraction of sp³-hybridized carbons (Fsp3) is 0.611. The zero-order valence-electron chi connectivity index (χ0n) is 13.8. The van der Waals surface area contributed by atoms with Gasteiger partial charge in [-0.05, 0) is 55.5 Å². The fourth-order valence-electron chi connectivity index (χ4n) is 2.93. The number of benzene rings is 1. The predicted octanol–water partition coefficient (Wildman–Crippen LogP) is 3.93. The van der Waals surface area contributed by atoms with Gasteiger partial charge in [0.05, 0.1) is 6.04 Å². The first-order valence-electron chi connectivity index (χ1n) is 8.12. The van der Waals surface area contributed by atoms with Crippen molar-refractivity contribution in [2.75, 3.05) is 13.1 Å². The highest BCUT2D eigenvalue weighted by Gasteiger charge is 2.26. The zero-order valence-corrected chi connectivity index (χ0v) is 14.5. The van der Waals surface area contributed by atoms with E-state index in [1.165, 1.54) is 0 Å². The molecule has 2 N–H and O–H groups in total. The van der Waals surface area contributed by atoms with Crippen LogP contribution in [-0.4, -0.2) is 19.0 Å². The average molecular weight is 323 g/mol. The van der Waals surface area contributed by atoms with Gasteiger partial charge in [-0.1, -0.05) is 44.5 Å². The van der Waals surface area contributed by atoms with Crippen molar-refractivity contribution in [1.29, 1.82) is 0 Å². The van der Waals surface area contributed by atoms with Gasteiger partial charge in [-0.15, -0.1) is 0 Å². The van der Waals surface area contributed by atoms with E-state index in [4.69, 9.17) is 11.6 Å². The smallest absolute Gasteiger partial charge is 0.223 e. The van der Waals surface area contributed by atoms with Gasteiger partial charge in [-0.3, -0.25) is 4.79 Å². The maximum atomic E-state index is 12.6. The molecule has 2 rings (SSSR count). The van der Waals surface area contributed by atoms with E-state index < -0.39 is 0 Å². The van der Waals surface area contributed by atoms with E-state index in [0.29, 0.717) is 0 Å². The summed E-state index contributed by atoms with van der Waals surface area (Å²) < 4.78 is 0. The van der Waals surface area contributed by atoms with Crippen molar-refractivity contribution < 1.29 is 4.79 Å². The third-order valence-electron chi connectivity index (χ3n) is 4.12. The van der Waals surface area contributed by atoms with E-state index >= 15 is 0 Å². The van der Waals surface area contributed by atoms with E-state index in [-0.39, 0.29) is 23.3 Å². The molecule has 22 heavy (non-hydrogen) atoms. The Morgan fingerprint density at radius 2 is 1.86 bits per heavy atom. The van der Waals surface area contributed by atoms with Crippen LogP contribution in [0.4, 0.5) is 0 Å². The van der Waals surface area contributed by atoms with Gasteiger partial charge in [0, 0.05) is 10.9 Å². The van der Waals surface area contributed by atoms with Crippen LogP contribution in [0.25, 0.3) is 0 Å². The number of hydrogen-bond acceptors (Lipinski definition) is 2. The van der Waals surface area contributed by atoms with E-state index in [2.05, 4.69) is 31.4 Å². The Morgan fingerprint density at radius 3 is 2.41 bits per heavy atom. The second-order valence-corrected chi connectivity index (χ2v) is 7.84. The molecule has 1 amide bonds. The summed E-state index contributed by atoms with van der Waals surface area (Å²) >= 11 is 5.98. The summed E-state index contributed by atoms with van der Waals surface area (Å²) in [5, 5.41) is 7.30. The Hall–Kier alpha value is -1.06. The first kappa shape index (κ1) is 17.3. The molecule has 0 aromatic heterocycles. The van der Waals surface area contributed by atoms with Crippen molar-refractivity contribution in [3.05, 3.63) is 34.9 Å². The lowest BCUT2D eigenvalue weighted by atomic mass is 9.85. The van der Waals surface area contributed by atoms with Gasteiger partial charge >= 0.3 is 0 Å². The second-order valence-electron chi connectivity index (χ2n) is 7.40. The van der Waals surface area contributed by atoms with Crippen LogP contribution in [0.1, 0.15) is 51.6 Å². The summed E-state index contributed by atoms with van der Waals surface area (Å²) in [5.74, 6) is 0.321. The largest absolute Gasteiger partial charge is 0.349 e. The number of amides is 1. The second kappa shape index (κ2) is 7.47. The van der Waals surface area contributed by atoms with Crippen molar-refractivity contribution in [2.24, 2.45) is 11.3 Å². The third kappa shape index (κ3) is 5.29. The fourth-order valence-corrected chi connectivity index (χ4v) is 3.06. The lowest BCUT2D eigenvalue weighted by Gasteiger charge is -2.30. The number of hydrogen-bond donors (Lipinski definition) is 2. The highest BCUT2D eigenvalue weighted by Crippen LogP contribution is 2.30. The minimum Gasteiger partial charge on any atom is -0.349 e. The van der Waals surface area contributed by atoms with Crippen LogP contribution < -0.4 is 10.6 Å². The summed E-state index contributed by atoms with van der Waals surface area (Å²) in [5.41, 5.74) is 1.27. The first-order valence-corrected chi connectivity index (χ1v) is 8.49. The Kier molecular flexibility index (Phi) is 5.87. The monoisotopic (exact) mass is 322 g/mol. The molecule has 3 nitrogen and oxygen atoms in total. The van der Waals surface area contributed by atoms with Gasteiger partial charge in [-0.25, -0.2) is 0 Å². The lowest BCUT2D eigenvalue weighted by molar-refractivity contribution is -0.126. The molecular weight excluding hydrogens is 296 g/mol. The molecule has 1 heterocycles. The molecule has 1 unspecified atom stereocenters. The standard InChI is InChI=1S/C18H27ClN2O/c1-18(2,3)12-16(13-4-6-15(19)7-5-13)21-17(22)14-8-10-20-11-9-14/h4-7,14,16,20H,8-12H2,1-3H3,(H,21,22). The lowest BCUT2D eigenvalue weighted by Crippen LogP contribution is -2.40. The Bertz CT molecular complexity index is 487. The van der Waals surface area contributed by atoms with Crippen molar-refractivity contribution in [3.63, 3.8) is 0 Å². The topological polar surface area (TPSA) is 41.1 Å². The summed E-state index contributed by atoms with van der Waals surface area (Å²) in [7, 11) is 0. The van der Waals surface area contributed by atoms with Crippen molar-refractivity contribution >= 4 is 17.5 Å². The highest BCUT2D eigenvalue weighted by molar-refractivity contribution is 6.30. The predicted molar refractivity (Wildman–Crippen MR) is 92.0 cm³/mol. The van der Waals surface area contributed by atoms with E-state index in [1.807, 2.05) is 24.3 Å². The molecule has 0 bridgehead atoms. The summed E-state index contributed by atoms with van der Waals surface area (Å²) in [6.07, 6.45) is 2.76. The number of nitrogens with one attached hydrogen (secondary N) is 2. The summed E-state index contributed by atoms with van der Waals surface area (Å²) in [6.45, 7) is 8.47. The molecule has 1 fully saturated rings. The number of carbonyl (C=O) groups is 1. The molecule has 1 aliphatic rings. The Labute approximate surface area is 138 Å². The van der Waals surface area contributed by atoms with E-state index in [9.17, 15) is 4.79 Å². The quantitative estimate of drug-likeness (QED) is 0.881. The number of carbonyl (C=O) groups excluding carboxylic acids is 1. The van der Waals surface area contributed by atoms with Crippen LogP contribution in [-0.2, 0) is 4.79 Å². The molecule has 1 aromatic carbocycles. The molecule has 0 spiro atoms. The van der Waals surface area contributed by atoms with Gasteiger partial charge in [0.2, 0.25) is 5.91 Å². The van der Waals surface area contributed by atoms with Gasteiger partial charge < -0.3 is 10.6 Å². The highest BCUT2D eigenvalue weighted by atomic mass is 35.5. The van der Waals surface area contributed by atoms with Crippen molar-refractivity contribution in [2.45, 2.75) is 46.1 Å². The first-order chi connectivity index (χ1) is 10.3. The maximum absolute atomic E-state index is 12.6. The molecular formula is C18H27ClN2O. The van der Waals surface area contributed by atoms with Gasteiger partial charge in [-0.2, -0.15) is 0 Å². The minimum atomic E-state index is 0.0413. The average Bonchev–Trinajstić information content (AvgIpc) is 2.47. The van der Waals surface area contributed by atoms with Crippen LogP contribution in [0.5, 0.6) is 0 Å². The van der Waals surface area contributed by atoms with Crippen molar-refractivity contribution in [3.8, 4) is 0 Å². The molecule has 0 saturated carbocycles. The van der Waals surface area contributed by atoms with Crippen LogP contribution in [0.2, 0.25) is 5.02 Å². The molecule has 1 saturated heterocycles. The molecule has 1 aliphatic heterocycles. The van der Waals surface area contributed by atoms with Crippen LogP contribution in [0.15, 0.2) is 24.3 Å². The van der Waals surface area contributed by atoms with Crippen LogP contribution in [0, 0.1) is 11.3 Å². The van der Waals surface area contributed by atoms with Crippen LogP contribution in [0.3, 0.4) is 0 Å². The maximum Gasteiger partial charge on any atom is 0.223 e. The molecule has 0 aliphatic carbocycles. The van der Waals surface area contributed by atoms with Gasteiger partial charge in [0.25, 0.3) is 0 Å². The summed E-state index contributed by atoms with van der Waals surface area (Å²) in [6, 6.07) is 7.86. The van der Waals surface area contributed by atoms with Crippen molar-refractivity contribution in [1.82, 2.24) is 10.6 Å². The van der Waals surface area contributed by atoms with Gasteiger partial charge in [0.15, 0.2) is 0 Å².